The van der Waals surface area contributed by atoms with E-state index < -0.39 is 0 Å². The minimum atomic E-state index is 0.0675. The first-order valence-corrected chi connectivity index (χ1v) is 9.94. The van der Waals surface area contributed by atoms with Crippen molar-refractivity contribution in [2.45, 2.75) is 59.4 Å². The van der Waals surface area contributed by atoms with Gasteiger partial charge in [0.15, 0.2) is 10.6 Å². The summed E-state index contributed by atoms with van der Waals surface area (Å²) in [4.78, 5) is 12.2. The first-order valence-electron chi connectivity index (χ1n) is 9.54. The van der Waals surface area contributed by atoms with Crippen LogP contribution in [0.3, 0.4) is 0 Å². The minimum Gasteiger partial charge on any atom is -0.356 e. The smallest absolute Gasteiger partial charge is 0.221 e. The average molecular weight is 375 g/mol. The van der Waals surface area contributed by atoms with Gasteiger partial charge in [-0.1, -0.05) is 62.9 Å². The van der Waals surface area contributed by atoms with Crippen LogP contribution in [0.2, 0.25) is 0 Å². The molecule has 1 atom stereocenters. The number of aryl methyl sites for hydroxylation is 1. The second-order valence-corrected chi connectivity index (χ2v) is 7.23. The Kier molecular flexibility index (Phi) is 8.04. The first-order chi connectivity index (χ1) is 12.5. The van der Waals surface area contributed by atoms with Crippen LogP contribution in [-0.2, 0) is 11.3 Å². The van der Waals surface area contributed by atoms with Crippen LogP contribution in [0.25, 0.3) is 11.4 Å². The lowest BCUT2D eigenvalue weighted by Gasteiger charge is -2.15. The first kappa shape index (κ1) is 20.4. The van der Waals surface area contributed by atoms with Crippen molar-refractivity contribution >= 4 is 18.1 Å². The Balaban J connectivity index is 1.93. The van der Waals surface area contributed by atoms with E-state index in [0.717, 1.165) is 24.4 Å². The number of unbranched alkanes of at least 4 members (excludes halogenated alkanes) is 1. The molecule has 2 aromatic rings. The monoisotopic (exact) mass is 374 g/mol. The zero-order valence-electron chi connectivity index (χ0n) is 16.0. The van der Waals surface area contributed by atoms with Gasteiger partial charge in [0.2, 0.25) is 5.91 Å². The lowest BCUT2D eigenvalue weighted by molar-refractivity contribution is -0.121. The van der Waals surface area contributed by atoms with Crippen LogP contribution in [0, 0.1) is 17.6 Å². The molecule has 1 aromatic carbocycles. The number of nitrogens with zero attached hydrogens (tertiary/aromatic N) is 2. The van der Waals surface area contributed by atoms with Crippen LogP contribution >= 0.6 is 12.2 Å². The highest BCUT2D eigenvalue weighted by atomic mass is 32.1. The molecule has 0 radical (unpaired) electrons. The van der Waals surface area contributed by atoms with Crippen LogP contribution in [0.1, 0.15) is 51.5 Å². The maximum Gasteiger partial charge on any atom is 0.221 e. The maximum absolute atomic E-state index is 12.2. The molecule has 0 bridgehead atoms. The highest BCUT2D eigenvalue weighted by Gasteiger charge is 2.12. The van der Waals surface area contributed by atoms with Crippen LogP contribution in [0.5, 0.6) is 0 Å². The predicted octanol–water partition coefficient (Wildman–Crippen LogP) is 4.64. The van der Waals surface area contributed by atoms with E-state index in [9.17, 15) is 4.79 Å². The Morgan fingerprint density at radius 3 is 2.69 bits per heavy atom. The molecule has 0 aliphatic heterocycles. The van der Waals surface area contributed by atoms with Crippen molar-refractivity contribution in [1.82, 2.24) is 20.1 Å². The molecule has 1 unspecified atom stereocenters. The number of aromatic amines is 1. The van der Waals surface area contributed by atoms with E-state index in [2.05, 4.69) is 36.3 Å². The summed E-state index contributed by atoms with van der Waals surface area (Å²) in [6.45, 7) is 7.72. The number of hydrogen-bond donors (Lipinski definition) is 2. The zero-order valence-corrected chi connectivity index (χ0v) is 16.9. The number of carbonyl (C=O) groups is 1. The highest BCUT2D eigenvalue weighted by Crippen LogP contribution is 2.18. The van der Waals surface area contributed by atoms with E-state index in [1.165, 1.54) is 24.8 Å². The molecule has 6 heteroatoms. The lowest BCUT2D eigenvalue weighted by Crippen LogP contribution is -2.29. The molecule has 5 nitrogen and oxygen atoms in total. The Hall–Kier alpha value is -1.95. The van der Waals surface area contributed by atoms with Crippen LogP contribution < -0.4 is 5.32 Å². The summed E-state index contributed by atoms with van der Waals surface area (Å²) in [7, 11) is 0. The van der Waals surface area contributed by atoms with E-state index in [-0.39, 0.29) is 5.91 Å². The van der Waals surface area contributed by atoms with Gasteiger partial charge in [0.05, 0.1) is 0 Å². The van der Waals surface area contributed by atoms with Gasteiger partial charge in [-0.3, -0.25) is 14.5 Å². The summed E-state index contributed by atoms with van der Waals surface area (Å²) in [6.07, 6.45) is 5.10. The van der Waals surface area contributed by atoms with Gasteiger partial charge in [-0.2, -0.15) is 5.10 Å². The summed E-state index contributed by atoms with van der Waals surface area (Å²) in [5.74, 6) is 1.41. The molecule has 2 rings (SSSR count). The predicted molar refractivity (Wildman–Crippen MR) is 109 cm³/mol. The SMILES string of the molecule is CCCCC(CC)CNC(=O)CCn1c(-c2ccc(C)cc2)n[nH]c1=S. The summed E-state index contributed by atoms with van der Waals surface area (Å²) in [6, 6.07) is 8.14. The minimum absolute atomic E-state index is 0.0675. The number of H-pyrrole nitrogens is 1. The van der Waals surface area contributed by atoms with E-state index in [4.69, 9.17) is 12.2 Å². The third kappa shape index (κ3) is 5.80. The molecule has 0 spiro atoms. The molecule has 0 saturated carbocycles. The van der Waals surface area contributed by atoms with Gasteiger partial charge in [-0.05, 0) is 31.5 Å². The van der Waals surface area contributed by atoms with Gasteiger partial charge in [0, 0.05) is 25.1 Å². The van der Waals surface area contributed by atoms with Crippen molar-refractivity contribution in [2.24, 2.45) is 5.92 Å². The van der Waals surface area contributed by atoms with Crippen molar-refractivity contribution in [3.63, 3.8) is 0 Å². The van der Waals surface area contributed by atoms with E-state index in [1.807, 2.05) is 28.8 Å². The molecular formula is C20H30N4OS. The fraction of sp³-hybridized carbons (Fsp3) is 0.550. The van der Waals surface area contributed by atoms with Gasteiger partial charge < -0.3 is 5.32 Å². The molecule has 1 amide bonds. The van der Waals surface area contributed by atoms with Crippen molar-refractivity contribution < 1.29 is 4.79 Å². The third-order valence-electron chi connectivity index (χ3n) is 4.76. The summed E-state index contributed by atoms with van der Waals surface area (Å²) in [5, 5.41) is 10.2. The fourth-order valence-corrected chi connectivity index (χ4v) is 3.17. The summed E-state index contributed by atoms with van der Waals surface area (Å²) < 4.78 is 2.44. The Bertz CT molecular complexity index is 748. The van der Waals surface area contributed by atoms with Crippen LogP contribution in [0.15, 0.2) is 24.3 Å². The molecule has 1 aromatic heterocycles. The second kappa shape index (κ2) is 10.3. The molecule has 142 valence electrons. The molecule has 0 aliphatic rings. The average Bonchev–Trinajstić information content (AvgIpc) is 3.01. The molecular weight excluding hydrogens is 344 g/mol. The van der Waals surface area contributed by atoms with Crippen molar-refractivity contribution in [1.29, 1.82) is 0 Å². The van der Waals surface area contributed by atoms with E-state index in [0.29, 0.717) is 23.7 Å². The number of rotatable bonds is 10. The quantitative estimate of drug-likeness (QED) is 0.596. The zero-order chi connectivity index (χ0) is 18.9. The maximum atomic E-state index is 12.2. The summed E-state index contributed by atoms with van der Waals surface area (Å²) in [5.41, 5.74) is 2.19. The Labute approximate surface area is 161 Å². The molecule has 0 fully saturated rings. The third-order valence-corrected chi connectivity index (χ3v) is 5.07. The number of nitrogens with one attached hydrogen (secondary N) is 2. The molecule has 0 saturated heterocycles. The fourth-order valence-electron chi connectivity index (χ4n) is 2.95. The van der Waals surface area contributed by atoms with E-state index >= 15 is 0 Å². The molecule has 26 heavy (non-hydrogen) atoms. The standard InChI is InChI=1S/C20H30N4OS/c1-4-6-7-16(5-2)14-21-18(25)12-13-24-19(22-23-20(24)26)17-10-8-15(3)9-11-17/h8-11,16H,4-7,12-14H2,1-3H3,(H,21,25)(H,23,26). The number of amides is 1. The van der Waals surface area contributed by atoms with Gasteiger partial charge in [-0.25, -0.2) is 0 Å². The van der Waals surface area contributed by atoms with Gasteiger partial charge in [0.25, 0.3) is 0 Å². The molecule has 2 N–H and O–H groups in total. The number of hydrogen-bond acceptors (Lipinski definition) is 3. The number of aromatic nitrogens is 3. The Morgan fingerprint density at radius 1 is 1.31 bits per heavy atom. The van der Waals surface area contributed by atoms with Crippen molar-refractivity contribution in [2.75, 3.05) is 6.54 Å². The van der Waals surface area contributed by atoms with E-state index in [1.54, 1.807) is 0 Å². The van der Waals surface area contributed by atoms with Gasteiger partial charge in [-0.15, -0.1) is 0 Å². The van der Waals surface area contributed by atoms with Crippen LogP contribution in [0.4, 0.5) is 0 Å². The molecule has 1 heterocycles. The largest absolute Gasteiger partial charge is 0.356 e. The van der Waals surface area contributed by atoms with Crippen molar-refractivity contribution in [3.8, 4) is 11.4 Å². The topological polar surface area (TPSA) is 62.7 Å². The number of benzene rings is 1. The van der Waals surface area contributed by atoms with Gasteiger partial charge in [0.1, 0.15) is 0 Å². The number of carbonyl (C=O) groups excluding carboxylic acids is 1. The Morgan fingerprint density at radius 2 is 2.04 bits per heavy atom. The normalized spacial score (nSPS) is 12.1. The highest BCUT2D eigenvalue weighted by molar-refractivity contribution is 7.71. The second-order valence-electron chi connectivity index (χ2n) is 6.84. The summed E-state index contributed by atoms with van der Waals surface area (Å²) >= 11 is 5.34. The van der Waals surface area contributed by atoms with Gasteiger partial charge >= 0.3 is 0 Å². The lowest BCUT2D eigenvalue weighted by atomic mass is 9.99. The van der Waals surface area contributed by atoms with Crippen molar-refractivity contribution in [3.05, 3.63) is 34.6 Å². The van der Waals surface area contributed by atoms with Crippen LogP contribution in [-0.4, -0.2) is 27.2 Å². The molecule has 0 aliphatic carbocycles.